The van der Waals surface area contributed by atoms with Crippen LogP contribution in [0, 0.1) is 0 Å². The van der Waals surface area contributed by atoms with E-state index in [-0.39, 0.29) is 0 Å². The summed E-state index contributed by atoms with van der Waals surface area (Å²) in [5.74, 6) is 4.06. The molecule has 2 atom stereocenters. The Morgan fingerprint density at radius 1 is 1.36 bits per heavy atom. The van der Waals surface area contributed by atoms with Crippen LogP contribution in [0.3, 0.4) is 0 Å². The Morgan fingerprint density at radius 3 is 2.79 bits per heavy atom. The van der Waals surface area contributed by atoms with E-state index in [2.05, 4.69) is 42.7 Å². The Morgan fingerprint density at radius 2 is 2.21 bits per heavy atom. The van der Waals surface area contributed by atoms with Crippen LogP contribution in [0.15, 0.2) is 0 Å². The molecule has 3 heteroatoms. The van der Waals surface area contributed by atoms with E-state index < -0.39 is 0 Å². The third-order valence-corrected chi connectivity index (χ3v) is 5.55. The van der Waals surface area contributed by atoms with Crippen LogP contribution in [0.4, 0.5) is 0 Å². The van der Waals surface area contributed by atoms with Crippen LogP contribution in [0.2, 0.25) is 0 Å². The molecule has 14 heavy (non-hydrogen) atoms. The van der Waals surface area contributed by atoms with Gasteiger partial charge in [0, 0.05) is 28.6 Å². The summed E-state index contributed by atoms with van der Waals surface area (Å²) in [7, 11) is 0. The van der Waals surface area contributed by atoms with Crippen molar-refractivity contribution in [2.24, 2.45) is 0 Å². The smallest absolute Gasteiger partial charge is 0.0291 e. The van der Waals surface area contributed by atoms with Crippen molar-refractivity contribution >= 4 is 23.5 Å². The maximum absolute atomic E-state index is 3.65. The van der Waals surface area contributed by atoms with Gasteiger partial charge in [-0.3, -0.25) is 0 Å². The second-order valence-corrected chi connectivity index (χ2v) is 6.29. The molecule has 0 amide bonds. The van der Waals surface area contributed by atoms with E-state index in [0.29, 0.717) is 0 Å². The molecule has 2 unspecified atom stereocenters. The molecular weight excluding hydrogens is 210 g/mol. The van der Waals surface area contributed by atoms with Crippen LogP contribution in [0.5, 0.6) is 0 Å². The fraction of sp³-hybridized carbons (Fsp3) is 1.00. The van der Waals surface area contributed by atoms with E-state index in [9.17, 15) is 0 Å². The van der Waals surface area contributed by atoms with Gasteiger partial charge in [0.15, 0.2) is 0 Å². The Hall–Kier alpha value is 0.660. The Bertz CT molecular complexity index is 135. The number of unbranched alkanes of at least 4 members (excludes halogenated alkanes) is 1. The highest BCUT2D eigenvalue weighted by atomic mass is 32.2. The van der Waals surface area contributed by atoms with Gasteiger partial charge < -0.3 is 5.32 Å². The predicted octanol–water partition coefficient (Wildman–Crippen LogP) is 3.00. The Kier molecular flexibility index (Phi) is 7.17. The van der Waals surface area contributed by atoms with Crippen molar-refractivity contribution in [1.29, 1.82) is 0 Å². The largest absolute Gasteiger partial charge is 0.313 e. The maximum Gasteiger partial charge on any atom is 0.0291 e. The zero-order chi connectivity index (χ0) is 10.2. The molecule has 1 aliphatic rings. The van der Waals surface area contributed by atoms with Crippen molar-refractivity contribution in [1.82, 2.24) is 5.32 Å². The van der Waals surface area contributed by atoms with Gasteiger partial charge in [-0.2, -0.15) is 23.5 Å². The molecule has 0 saturated carbocycles. The highest BCUT2D eigenvalue weighted by Gasteiger charge is 2.22. The van der Waals surface area contributed by atoms with Crippen LogP contribution in [0.1, 0.15) is 33.1 Å². The number of rotatable bonds is 6. The van der Waals surface area contributed by atoms with E-state index in [4.69, 9.17) is 0 Å². The number of hydrogen-bond acceptors (Lipinski definition) is 3. The van der Waals surface area contributed by atoms with E-state index in [0.717, 1.165) is 17.8 Å². The normalized spacial score (nSPS) is 24.9. The number of nitrogens with one attached hydrogen (secondary N) is 1. The topological polar surface area (TPSA) is 12.0 Å². The first-order valence-electron chi connectivity index (χ1n) is 5.81. The molecule has 84 valence electrons. The van der Waals surface area contributed by atoms with Crippen molar-refractivity contribution in [2.45, 2.75) is 44.4 Å². The number of hydrogen-bond donors (Lipinski definition) is 1. The quantitative estimate of drug-likeness (QED) is 0.757. The van der Waals surface area contributed by atoms with Gasteiger partial charge >= 0.3 is 0 Å². The molecule has 1 rings (SSSR count). The molecule has 1 heterocycles. The summed E-state index contributed by atoms with van der Waals surface area (Å²) in [5, 5.41) is 4.51. The molecule has 1 aliphatic heterocycles. The first-order valence-corrected chi connectivity index (χ1v) is 8.01. The molecule has 0 aromatic heterocycles. The summed E-state index contributed by atoms with van der Waals surface area (Å²) in [6.07, 6.45) is 4.06. The van der Waals surface area contributed by atoms with Gasteiger partial charge in [-0.1, -0.05) is 26.7 Å². The van der Waals surface area contributed by atoms with Crippen LogP contribution in [-0.4, -0.2) is 35.1 Å². The molecule has 0 spiro atoms. The van der Waals surface area contributed by atoms with Gasteiger partial charge in [-0.05, 0) is 13.0 Å². The zero-order valence-corrected chi connectivity index (χ0v) is 11.1. The first-order chi connectivity index (χ1) is 6.88. The molecule has 0 bridgehead atoms. The van der Waals surface area contributed by atoms with Gasteiger partial charge in [0.05, 0.1) is 0 Å². The summed E-state index contributed by atoms with van der Waals surface area (Å²) in [5.41, 5.74) is 0. The first kappa shape index (κ1) is 12.7. The minimum atomic E-state index is 0.762. The van der Waals surface area contributed by atoms with Gasteiger partial charge in [-0.25, -0.2) is 0 Å². The lowest BCUT2D eigenvalue weighted by molar-refractivity contribution is 0.475. The minimum Gasteiger partial charge on any atom is -0.313 e. The second kappa shape index (κ2) is 7.89. The third-order valence-electron chi connectivity index (χ3n) is 2.63. The Labute approximate surface area is 97.2 Å². The van der Waals surface area contributed by atoms with E-state index in [1.807, 2.05) is 0 Å². The van der Waals surface area contributed by atoms with Gasteiger partial charge in [0.1, 0.15) is 0 Å². The standard InChI is InChI=1S/C11H23NS2/c1-3-5-6-10(12-4-2)11-9-13-7-8-14-11/h10-12H,3-9H2,1-2H3. The average Bonchev–Trinajstić information content (AvgIpc) is 2.25. The monoisotopic (exact) mass is 233 g/mol. The zero-order valence-electron chi connectivity index (χ0n) is 9.42. The van der Waals surface area contributed by atoms with Crippen LogP contribution in [-0.2, 0) is 0 Å². The lowest BCUT2D eigenvalue weighted by atomic mass is 10.1. The molecule has 1 saturated heterocycles. The van der Waals surface area contributed by atoms with E-state index in [1.54, 1.807) is 0 Å². The van der Waals surface area contributed by atoms with Crippen LogP contribution >= 0.6 is 23.5 Å². The fourth-order valence-corrected chi connectivity index (χ4v) is 4.77. The van der Waals surface area contributed by atoms with Crippen LogP contribution in [0.25, 0.3) is 0 Å². The molecule has 1 N–H and O–H groups in total. The second-order valence-electron chi connectivity index (χ2n) is 3.79. The molecule has 0 aromatic rings. The summed E-state index contributed by atoms with van der Waals surface area (Å²) < 4.78 is 0. The molecular formula is C11H23NS2. The predicted molar refractivity (Wildman–Crippen MR) is 70.6 cm³/mol. The number of thioether (sulfide) groups is 2. The summed E-state index contributed by atoms with van der Waals surface area (Å²) in [4.78, 5) is 0. The van der Waals surface area contributed by atoms with Crippen molar-refractivity contribution in [2.75, 3.05) is 23.8 Å². The highest BCUT2D eigenvalue weighted by molar-refractivity contribution is 8.06. The summed E-state index contributed by atoms with van der Waals surface area (Å²) >= 11 is 4.31. The Balaban J connectivity index is 2.30. The molecule has 1 fully saturated rings. The van der Waals surface area contributed by atoms with Crippen molar-refractivity contribution < 1.29 is 0 Å². The van der Waals surface area contributed by atoms with Crippen molar-refractivity contribution in [3.63, 3.8) is 0 Å². The van der Waals surface area contributed by atoms with Gasteiger partial charge in [0.2, 0.25) is 0 Å². The highest BCUT2D eigenvalue weighted by Crippen LogP contribution is 2.28. The van der Waals surface area contributed by atoms with Crippen molar-refractivity contribution in [3.05, 3.63) is 0 Å². The van der Waals surface area contributed by atoms with Gasteiger partial charge in [0.25, 0.3) is 0 Å². The lowest BCUT2D eigenvalue weighted by Gasteiger charge is -2.30. The SMILES string of the molecule is CCCCC(NCC)C1CSCCS1. The minimum absolute atomic E-state index is 0.762. The van der Waals surface area contributed by atoms with Crippen LogP contribution < -0.4 is 5.32 Å². The van der Waals surface area contributed by atoms with Gasteiger partial charge in [-0.15, -0.1) is 0 Å². The van der Waals surface area contributed by atoms with E-state index in [1.165, 1.54) is 36.5 Å². The average molecular weight is 233 g/mol. The lowest BCUT2D eigenvalue weighted by Crippen LogP contribution is -2.40. The fourth-order valence-electron chi connectivity index (χ4n) is 1.84. The maximum atomic E-state index is 3.65. The summed E-state index contributed by atoms with van der Waals surface area (Å²) in [6, 6.07) is 0.762. The van der Waals surface area contributed by atoms with E-state index >= 15 is 0 Å². The molecule has 1 nitrogen and oxygen atoms in total. The van der Waals surface area contributed by atoms with Crippen molar-refractivity contribution in [3.8, 4) is 0 Å². The summed E-state index contributed by atoms with van der Waals surface area (Å²) in [6.45, 7) is 5.63. The third kappa shape index (κ3) is 4.45. The molecule has 0 aliphatic carbocycles. The molecule has 0 aromatic carbocycles. The molecule has 0 radical (unpaired) electrons.